The van der Waals surface area contributed by atoms with Crippen molar-refractivity contribution in [3.8, 4) is 0 Å². The zero-order chi connectivity index (χ0) is 12.8. The van der Waals surface area contributed by atoms with Gasteiger partial charge in [-0.1, -0.05) is 32.1 Å². The molecule has 2 aliphatic rings. The van der Waals surface area contributed by atoms with E-state index in [9.17, 15) is 4.79 Å². The summed E-state index contributed by atoms with van der Waals surface area (Å²) in [5.41, 5.74) is 0.0324. The number of carbonyl (C=O) groups is 1. The molecular formula is C15H28N2O. The first kappa shape index (κ1) is 13.9. The minimum atomic E-state index is 0.0324. The molecule has 1 saturated heterocycles. The molecule has 3 heteroatoms. The quantitative estimate of drug-likeness (QED) is 0.793. The Morgan fingerprint density at radius 2 is 1.61 bits per heavy atom. The van der Waals surface area contributed by atoms with Gasteiger partial charge in [0.15, 0.2) is 0 Å². The van der Waals surface area contributed by atoms with Crippen molar-refractivity contribution < 1.29 is 4.79 Å². The number of rotatable bonds is 2. The van der Waals surface area contributed by atoms with Gasteiger partial charge in [0.1, 0.15) is 0 Å². The van der Waals surface area contributed by atoms with Crippen molar-refractivity contribution in [3.63, 3.8) is 0 Å². The van der Waals surface area contributed by atoms with Gasteiger partial charge in [0.25, 0.3) is 0 Å². The second-order valence-electron chi connectivity index (χ2n) is 6.34. The molecule has 1 aliphatic carbocycles. The van der Waals surface area contributed by atoms with Gasteiger partial charge >= 0.3 is 0 Å². The summed E-state index contributed by atoms with van der Waals surface area (Å²) in [6.07, 6.45) is 10.8. The van der Waals surface area contributed by atoms with Crippen LogP contribution in [0.15, 0.2) is 0 Å². The van der Waals surface area contributed by atoms with Crippen LogP contribution in [0.25, 0.3) is 0 Å². The molecule has 18 heavy (non-hydrogen) atoms. The fourth-order valence-electron chi connectivity index (χ4n) is 3.22. The van der Waals surface area contributed by atoms with Gasteiger partial charge in [-0.25, -0.2) is 0 Å². The second kappa shape index (κ2) is 6.55. The Bertz CT molecular complexity index is 264. The highest BCUT2D eigenvalue weighted by atomic mass is 16.2. The zero-order valence-electron chi connectivity index (χ0n) is 11.8. The standard InChI is InChI=1S/C15H28N2O/c1-15(9-11-16-12-10-15)17-14(18)13-7-5-3-2-4-6-8-13/h13,16H,2-12H2,1H3,(H,17,18). The lowest BCUT2D eigenvalue weighted by molar-refractivity contribution is -0.127. The monoisotopic (exact) mass is 252 g/mol. The topological polar surface area (TPSA) is 41.1 Å². The van der Waals surface area contributed by atoms with E-state index in [1.165, 1.54) is 32.1 Å². The number of nitrogens with one attached hydrogen (secondary N) is 2. The highest BCUT2D eigenvalue weighted by Crippen LogP contribution is 2.24. The van der Waals surface area contributed by atoms with Gasteiger partial charge < -0.3 is 10.6 Å². The summed E-state index contributed by atoms with van der Waals surface area (Å²) in [6, 6.07) is 0. The molecule has 3 nitrogen and oxygen atoms in total. The summed E-state index contributed by atoms with van der Waals surface area (Å²) in [4.78, 5) is 12.4. The third kappa shape index (κ3) is 3.98. The van der Waals surface area contributed by atoms with Crippen LogP contribution in [0.4, 0.5) is 0 Å². The molecular weight excluding hydrogens is 224 g/mol. The van der Waals surface area contributed by atoms with Gasteiger partial charge in [-0.05, 0) is 45.7 Å². The third-order valence-corrected chi connectivity index (χ3v) is 4.61. The summed E-state index contributed by atoms with van der Waals surface area (Å²) in [5.74, 6) is 0.596. The first-order valence-corrected chi connectivity index (χ1v) is 7.72. The van der Waals surface area contributed by atoms with Crippen LogP contribution in [-0.2, 0) is 4.79 Å². The summed E-state index contributed by atoms with van der Waals surface area (Å²) in [6.45, 7) is 4.26. The lowest BCUT2D eigenvalue weighted by atomic mass is 9.87. The van der Waals surface area contributed by atoms with Crippen molar-refractivity contribution in [2.45, 2.75) is 70.3 Å². The van der Waals surface area contributed by atoms with E-state index in [4.69, 9.17) is 0 Å². The zero-order valence-corrected chi connectivity index (χ0v) is 11.8. The number of piperidine rings is 1. The van der Waals surface area contributed by atoms with E-state index in [1.54, 1.807) is 0 Å². The van der Waals surface area contributed by atoms with E-state index < -0.39 is 0 Å². The van der Waals surface area contributed by atoms with E-state index in [0.717, 1.165) is 38.8 Å². The van der Waals surface area contributed by atoms with Crippen LogP contribution < -0.4 is 10.6 Å². The van der Waals surface area contributed by atoms with E-state index in [2.05, 4.69) is 17.6 Å². The summed E-state index contributed by atoms with van der Waals surface area (Å²) >= 11 is 0. The van der Waals surface area contributed by atoms with E-state index in [1.807, 2.05) is 0 Å². The molecule has 1 saturated carbocycles. The van der Waals surface area contributed by atoms with Gasteiger partial charge in [-0.3, -0.25) is 4.79 Å². The fourth-order valence-corrected chi connectivity index (χ4v) is 3.22. The predicted octanol–water partition coefficient (Wildman–Crippen LogP) is 2.61. The highest BCUT2D eigenvalue weighted by Gasteiger charge is 2.30. The molecule has 1 aliphatic heterocycles. The number of carbonyl (C=O) groups excluding carboxylic acids is 1. The largest absolute Gasteiger partial charge is 0.351 e. The summed E-state index contributed by atoms with van der Waals surface area (Å²) in [7, 11) is 0. The average Bonchev–Trinajstić information content (AvgIpc) is 2.28. The lowest BCUT2D eigenvalue weighted by Crippen LogP contribution is -2.53. The molecule has 1 heterocycles. The molecule has 2 N–H and O–H groups in total. The minimum absolute atomic E-state index is 0.0324. The SMILES string of the molecule is CC1(NC(=O)C2CCCCCCC2)CCNCC1. The molecule has 0 atom stereocenters. The van der Waals surface area contributed by atoms with E-state index in [0.29, 0.717) is 5.91 Å². The van der Waals surface area contributed by atoms with Gasteiger partial charge in [0, 0.05) is 11.5 Å². The van der Waals surface area contributed by atoms with Crippen LogP contribution in [0.5, 0.6) is 0 Å². The normalized spacial score (nSPS) is 26.1. The van der Waals surface area contributed by atoms with E-state index in [-0.39, 0.29) is 11.5 Å². The Hall–Kier alpha value is -0.570. The van der Waals surface area contributed by atoms with Crippen LogP contribution >= 0.6 is 0 Å². The van der Waals surface area contributed by atoms with Crippen LogP contribution in [0.1, 0.15) is 64.7 Å². The van der Waals surface area contributed by atoms with Crippen LogP contribution in [0.3, 0.4) is 0 Å². The minimum Gasteiger partial charge on any atom is -0.351 e. The Morgan fingerprint density at radius 3 is 2.22 bits per heavy atom. The van der Waals surface area contributed by atoms with Crippen LogP contribution in [-0.4, -0.2) is 24.5 Å². The molecule has 0 spiro atoms. The molecule has 2 fully saturated rings. The number of amides is 1. The summed E-state index contributed by atoms with van der Waals surface area (Å²) in [5, 5.41) is 6.69. The maximum Gasteiger partial charge on any atom is 0.223 e. The van der Waals surface area contributed by atoms with Gasteiger partial charge in [-0.15, -0.1) is 0 Å². The molecule has 0 radical (unpaired) electrons. The number of hydrogen-bond donors (Lipinski definition) is 2. The Kier molecular flexibility index (Phi) is 5.04. The predicted molar refractivity (Wildman–Crippen MR) is 74.5 cm³/mol. The molecule has 0 bridgehead atoms. The molecule has 0 unspecified atom stereocenters. The first-order chi connectivity index (χ1) is 8.70. The Labute approximate surface area is 111 Å². The maximum absolute atomic E-state index is 12.4. The van der Waals surface area contributed by atoms with Crippen LogP contribution in [0.2, 0.25) is 0 Å². The van der Waals surface area contributed by atoms with Gasteiger partial charge in [-0.2, -0.15) is 0 Å². The highest BCUT2D eigenvalue weighted by molar-refractivity contribution is 5.79. The average molecular weight is 252 g/mol. The molecule has 0 aromatic rings. The molecule has 0 aromatic carbocycles. The molecule has 104 valence electrons. The van der Waals surface area contributed by atoms with Gasteiger partial charge in [0.2, 0.25) is 5.91 Å². The third-order valence-electron chi connectivity index (χ3n) is 4.61. The molecule has 2 rings (SSSR count). The lowest BCUT2D eigenvalue weighted by Gasteiger charge is -2.36. The Balaban J connectivity index is 1.85. The molecule has 1 amide bonds. The number of hydrogen-bond acceptors (Lipinski definition) is 2. The van der Waals surface area contributed by atoms with Crippen LogP contribution in [0, 0.1) is 5.92 Å². The van der Waals surface area contributed by atoms with E-state index >= 15 is 0 Å². The van der Waals surface area contributed by atoms with Gasteiger partial charge in [0.05, 0.1) is 0 Å². The smallest absolute Gasteiger partial charge is 0.223 e. The first-order valence-electron chi connectivity index (χ1n) is 7.72. The molecule has 0 aromatic heterocycles. The second-order valence-corrected chi connectivity index (χ2v) is 6.34. The van der Waals surface area contributed by atoms with Crippen molar-refractivity contribution >= 4 is 5.91 Å². The maximum atomic E-state index is 12.4. The Morgan fingerprint density at radius 1 is 1.06 bits per heavy atom. The fraction of sp³-hybridized carbons (Fsp3) is 0.933. The van der Waals surface area contributed by atoms with Crippen molar-refractivity contribution in [2.75, 3.05) is 13.1 Å². The van der Waals surface area contributed by atoms with Crippen molar-refractivity contribution in [2.24, 2.45) is 5.92 Å². The van der Waals surface area contributed by atoms with Crippen molar-refractivity contribution in [1.29, 1.82) is 0 Å². The van der Waals surface area contributed by atoms with Crippen molar-refractivity contribution in [1.82, 2.24) is 10.6 Å². The van der Waals surface area contributed by atoms with Crippen molar-refractivity contribution in [3.05, 3.63) is 0 Å². The summed E-state index contributed by atoms with van der Waals surface area (Å²) < 4.78 is 0.